The van der Waals surface area contributed by atoms with Crippen molar-refractivity contribution >= 4 is 39.3 Å². The smallest absolute Gasteiger partial charge is 0.321 e. The highest BCUT2D eigenvalue weighted by molar-refractivity contribution is 9.10. The molecule has 2 rings (SSSR count). The van der Waals surface area contributed by atoms with Gasteiger partial charge in [-0.15, -0.1) is 11.8 Å². The standard InChI is InChI=1S/C14H10BrF3N2OS/c15-10-5-9(6-19-7-10)13(21)20-11-3-1-2-4-12(11)22-8-14(16,17)18/h1-7H,8H2,(H,20,21). The normalized spacial score (nSPS) is 11.3. The molecule has 0 saturated heterocycles. The number of anilines is 1. The minimum absolute atomic E-state index is 0.310. The van der Waals surface area contributed by atoms with Gasteiger partial charge in [0.15, 0.2) is 0 Å². The topological polar surface area (TPSA) is 42.0 Å². The molecule has 0 radical (unpaired) electrons. The van der Waals surface area contributed by atoms with E-state index in [1.165, 1.54) is 18.5 Å². The Morgan fingerprint density at radius 2 is 2.00 bits per heavy atom. The number of amides is 1. The molecule has 22 heavy (non-hydrogen) atoms. The van der Waals surface area contributed by atoms with Gasteiger partial charge in [0.05, 0.1) is 17.0 Å². The van der Waals surface area contributed by atoms with Gasteiger partial charge in [0.2, 0.25) is 0 Å². The van der Waals surface area contributed by atoms with E-state index in [9.17, 15) is 18.0 Å². The summed E-state index contributed by atoms with van der Waals surface area (Å²) in [5.41, 5.74) is 0.645. The first kappa shape index (κ1) is 16.8. The fourth-order valence-corrected chi connectivity index (χ4v) is 2.72. The maximum absolute atomic E-state index is 12.3. The number of nitrogens with one attached hydrogen (secondary N) is 1. The second kappa shape index (κ2) is 7.15. The molecule has 8 heteroatoms. The average molecular weight is 391 g/mol. The van der Waals surface area contributed by atoms with Crippen molar-refractivity contribution < 1.29 is 18.0 Å². The van der Waals surface area contributed by atoms with Crippen LogP contribution in [0.4, 0.5) is 18.9 Å². The Morgan fingerprint density at radius 3 is 2.68 bits per heavy atom. The molecule has 0 atom stereocenters. The number of thioether (sulfide) groups is 1. The number of carbonyl (C=O) groups excluding carboxylic acids is 1. The van der Waals surface area contributed by atoms with Crippen molar-refractivity contribution in [1.29, 1.82) is 0 Å². The van der Waals surface area contributed by atoms with Crippen LogP contribution >= 0.6 is 27.7 Å². The molecule has 1 aromatic heterocycles. The number of benzene rings is 1. The van der Waals surface area contributed by atoms with Crippen molar-refractivity contribution in [3.8, 4) is 0 Å². The Bertz CT molecular complexity index is 679. The molecule has 0 aliphatic rings. The van der Waals surface area contributed by atoms with E-state index in [0.29, 0.717) is 32.4 Å². The number of halogens is 4. The van der Waals surface area contributed by atoms with Crippen molar-refractivity contribution in [3.05, 3.63) is 52.8 Å². The predicted octanol–water partition coefficient (Wildman–Crippen LogP) is 4.75. The highest BCUT2D eigenvalue weighted by Crippen LogP contribution is 2.32. The quantitative estimate of drug-likeness (QED) is 0.765. The summed E-state index contributed by atoms with van der Waals surface area (Å²) < 4.78 is 37.6. The molecule has 0 saturated carbocycles. The third-order valence-electron chi connectivity index (χ3n) is 2.49. The van der Waals surface area contributed by atoms with Gasteiger partial charge in [-0.2, -0.15) is 13.2 Å². The third kappa shape index (κ3) is 5.03. The van der Waals surface area contributed by atoms with Crippen LogP contribution in [0.1, 0.15) is 10.4 Å². The number of hydrogen-bond acceptors (Lipinski definition) is 3. The first-order valence-electron chi connectivity index (χ1n) is 6.05. The number of pyridine rings is 1. The predicted molar refractivity (Wildman–Crippen MR) is 83.1 cm³/mol. The monoisotopic (exact) mass is 390 g/mol. The lowest BCUT2D eigenvalue weighted by Gasteiger charge is -2.12. The Kier molecular flexibility index (Phi) is 5.47. The van der Waals surface area contributed by atoms with Crippen molar-refractivity contribution in [2.24, 2.45) is 0 Å². The van der Waals surface area contributed by atoms with Crippen molar-refractivity contribution in [3.63, 3.8) is 0 Å². The molecule has 0 bridgehead atoms. The van der Waals surface area contributed by atoms with E-state index < -0.39 is 17.8 Å². The molecular weight excluding hydrogens is 381 g/mol. The summed E-state index contributed by atoms with van der Waals surface area (Å²) in [4.78, 5) is 16.4. The van der Waals surface area contributed by atoms with Gasteiger partial charge in [-0.25, -0.2) is 0 Å². The number of carbonyl (C=O) groups is 1. The van der Waals surface area contributed by atoms with Crippen LogP contribution in [-0.2, 0) is 0 Å². The van der Waals surface area contributed by atoms with E-state index in [1.807, 2.05) is 0 Å². The summed E-state index contributed by atoms with van der Waals surface area (Å²) in [6.07, 6.45) is -1.36. The van der Waals surface area contributed by atoms with Gasteiger partial charge >= 0.3 is 6.18 Å². The minimum Gasteiger partial charge on any atom is -0.321 e. The molecule has 1 aromatic carbocycles. The fraction of sp³-hybridized carbons (Fsp3) is 0.143. The van der Waals surface area contributed by atoms with E-state index >= 15 is 0 Å². The lowest BCUT2D eigenvalue weighted by molar-refractivity contribution is -0.105. The molecule has 1 heterocycles. The third-order valence-corrected chi connectivity index (χ3v) is 4.07. The van der Waals surface area contributed by atoms with Crippen LogP contribution in [0.25, 0.3) is 0 Å². The van der Waals surface area contributed by atoms with E-state index in [2.05, 4.69) is 26.2 Å². The van der Waals surface area contributed by atoms with E-state index in [4.69, 9.17) is 0 Å². The largest absolute Gasteiger partial charge is 0.398 e. The zero-order valence-electron chi connectivity index (χ0n) is 11.0. The van der Waals surface area contributed by atoms with Crippen molar-refractivity contribution in [2.75, 3.05) is 11.1 Å². The van der Waals surface area contributed by atoms with Crippen LogP contribution in [0.5, 0.6) is 0 Å². The second-order valence-corrected chi connectivity index (χ2v) is 6.18. The molecule has 0 spiro atoms. The van der Waals surface area contributed by atoms with Crippen LogP contribution in [0.3, 0.4) is 0 Å². The van der Waals surface area contributed by atoms with Gasteiger partial charge in [0.25, 0.3) is 5.91 Å². The summed E-state index contributed by atoms with van der Waals surface area (Å²) >= 11 is 3.84. The summed E-state index contributed by atoms with van der Waals surface area (Å²) in [6, 6.07) is 7.93. The molecular formula is C14H10BrF3N2OS. The van der Waals surface area contributed by atoms with Gasteiger partial charge in [-0.3, -0.25) is 9.78 Å². The number of nitrogens with zero attached hydrogens (tertiary/aromatic N) is 1. The van der Waals surface area contributed by atoms with E-state index in [1.54, 1.807) is 24.3 Å². The first-order valence-corrected chi connectivity index (χ1v) is 7.83. The van der Waals surface area contributed by atoms with E-state index in [0.717, 1.165) is 0 Å². The molecule has 0 unspecified atom stereocenters. The Hall–Kier alpha value is -1.54. The zero-order valence-corrected chi connectivity index (χ0v) is 13.4. The maximum Gasteiger partial charge on any atom is 0.398 e. The molecule has 0 fully saturated rings. The Morgan fingerprint density at radius 1 is 1.27 bits per heavy atom. The van der Waals surface area contributed by atoms with Gasteiger partial charge in [-0.05, 0) is 34.1 Å². The molecule has 2 aromatic rings. The lowest BCUT2D eigenvalue weighted by atomic mass is 10.2. The number of alkyl halides is 3. The summed E-state index contributed by atoms with van der Waals surface area (Å²) in [6.45, 7) is 0. The van der Waals surface area contributed by atoms with Gasteiger partial charge < -0.3 is 5.32 Å². The first-order chi connectivity index (χ1) is 10.3. The average Bonchev–Trinajstić information content (AvgIpc) is 2.45. The molecule has 116 valence electrons. The maximum atomic E-state index is 12.3. The van der Waals surface area contributed by atoms with Crippen LogP contribution in [0.2, 0.25) is 0 Å². The highest BCUT2D eigenvalue weighted by atomic mass is 79.9. The summed E-state index contributed by atoms with van der Waals surface area (Å²) in [5.74, 6) is -1.45. The number of rotatable bonds is 4. The highest BCUT2D eigenvalue weighted by Gasteiger charge is 2.27. The zero-order chi connectivity index (χ0) is 16.2. The molecule has 0 aliphatic heterocycles. The minimum atomic E-state index is -4.27. The second-order valence-electron chi connectivity index (χ2n) is 4.25. The van der Waals surface area contributed by atoms with Crippen molar-refractivity contribution in [1.82, 2.24) is 4.98 Å². The Labute approximate surface area is 137 Å². The molecule has 3 nitrogen and oxygen atoms in total. The molecule has 1 amide bonds. The van der Waals surface area contributed by atoms with Gasteiger partial charge in [0, 0.05) is 21.8 Å². The number of aromatic nitrogens is 1. The van der Waals surface area contributed by atoms with Crippen LogP contribution in [-0.4, -0.2) is 22.8 Å². The van der Waals surface area contributed by atoms with Gasteiger partial charge in [-0.1, -0.05) is 12.1 Å². The fourth-order valence-electron chi connectivity index (χ4n) is 1.59. The number of hydrogen-bond donors (Lipinski definition) is 1. The lowest BCUT2D eigenvalue weighted by Crippen LogP contribution is -2.14. The molecule has 0 aliphatic carbocycles. The SMILES string of the molecule is O=C(Nc1ccccc1SCC(F)(F)F)c1cncc(Br)c1. The van der Waals surface area contributed by atoms with E-state index in [-0.39, 0.29) is 0 Å². The Balaban J connectivity index is 2.14. The van der Waals surface area contributed by atoms with Gasteiger partial charge in [0.1, 0.15) is 0 Å². The van der Waals surface area contributed by atoms with Crippen LogP contribution in [0, 0.1) is 0 Å². The van der Waals surface area contributed by atoms with Crippen molar-refractivity contribution in [2.45, 2.75) is 11.1 Å². The summed E-state index contributed by atoms with van der Waals surface area (Å²) in [5, 5.41) is 2.60. The summed E-state index contributed by atoms with van der Waals surface area (Å²) in [7, 11) is 0. The van der Waals surface area contributed by atoms with Crippen LogP contribution < -0.4 is 5.32 Å². The molecule has 1 N–H and O–H groups in total. The van der Waals surface area contributed by atoms with Crippen LogP contribution in [0.15, 0.2) is 52.1 Å². The number of para-hydroxylation sites is 1.